The first-order valence-electron chi connectivity index (χ1n) is 5.65. The van der Waals surface area contributed by atoms with Crippen LogP contribution in [0.5, 0.6) is 0 Å². The molecule has 3 N–H and O–H groups in total. The molecule has 0 aromatic carbocycles. The van der Waals surface area contributed by atoms with E-state index in [2.05, 4.69) is 24.5 Å². The highest BCUT2D eigenvalue weighted by Crippen LogP contribution is 2.44. The maximum absolute atomic E-state index is 11.6. The quantitative estimate of drug-likeness (QED) is 0.672. The van der Waals surface area contributed by atoms with E-state index in [4.69, 9.17) is 5.11 Å². The second-order valence-corrected chi connectivity index (χ2v) is 6.02. The van der Waals surface area contributed by atoms with Crippen LogP contribution in [0.15, 0.2) is 0 Å². The van der Waals surface area contributed by atoms with Crippen LogP contribution in [0.4, 0.5) is 4.79 Å². The van der Waals surface area contributed by atoms with Gasteiger partial charge in [-0.25, -0.2) is 9.59 Å². The molecule has 1 aliphatic rings. The molecule has 6 heteroatoms. The summed E-state index contributed by atoms with van der Waals surface area (Å²) in [6, 6.07) is -1.02. The third-order valence-corrected chi connectivity index (χ3v) is 3.68. The average Bonchev–Trinajstić information content (AvgIpc) is 2.80. The van der Waals surface area contributed by atoms with Crippen molar-refractivity contribution in [2.45, 2.75) is 38.8 Å². The first-order chi connectivity index (χ1) is 7.86. The second-order valence-electron chi connectivity index (χ2n) is 5.04. The fourth-order valence-corrected chi connectivity index (χ4v) is 2.04. The van der Waals surface area contributed by atoms with Crippen molar-refractivity contribution in [1.82, 2.24) is 10.6 Å². The summed E-state index contributed by atoms with van der Waals surface area (Å²) in [4.78, 5) is 22.5. The molecule has 98 valence electrons. The molecular formula is C11H20N2O3S. The molecule has 0 heterocycles. The largest absolute Gasteiger partial charge is 0.480 e. The Hall–Kier alpha value is -0.910. The van der Waals surface area contributed by atoms with Crippen LogP contribution < -0.4 is 10.6 Å². The zero-order valence-electron chi connectivity index (χ0n) is 10.4. The number of carboxylic acid groups (broad SMARTS) is 1. The van der Waals surface area contributed by atoms with Gasteiger partial charge in [0.05, 0.1) is 0 Å². The number of urea groups is 1. The number of nitrogens with one attached hydrogen (secondary N) is 2. The Bertz CT molecular complexity index is 307. The van der Waals surface area contributed by atoms with Gasteiger partial charge >= 0.3 is 12.0 Å². The molecule has 2 amide bonds. The van der Waals surface area contributed by atoms with Crippen LogP contribution in [-0.4, -0.2) is 41.2 Å². The van der Waals surface area contributed by atoms with Crippen LogP contribution >= 0.6 is 11.8 Å². The molecule has 1 unspecified atom stereocenters. The van der Waals surface area contributed by atoms with Gasteiger partial charge in [0.2, 0.25) is 0 Å². The highest BCUT2D eigenvalue weighted by molar-refractivity contribution is 7.98. The maximum atomic E-state index is 11.6. The highest BCUT2D eigenvalue weighted by Gasteiger charge is 2.46. The molecule has 2 atom stereocenters. The van der Waals surface area contributed by atoms with Gasteiger partial charge in [0.25, 0.3) is 0 Å². The topological polar surface area (TPSA) is 78.4 Å². The van der Waals surface area contributed by atoms with E-state index >= 15 is 0 Å². The minimum absolute atomic E-state index is 0.148. The summed E-state index contributed by atoms with van der Waals surface area (Å²) in [7, 11) is 0. The van der Waals surface area contributed by atoms with Crippen LogP contribution in [0.2, 0.25) is 0 Å². The number of thioether (sulfide) groups is 1. The second kappa shape index (κ2) is 5.62. The number of carboxylic acids is 1. The number of hydrogen-bond donors (Lipinski definition) is 3. The smallest absolute Gasteiger partial charge is 0.326 e. The van der Waals surface area contributed by atoms with Crippen molar-refractivity contribution in [3.05, 3.63) is 0 Å². The number of carbonyl (C=O) groups excluding carboxylic acids is 1. The van der Waals surface area contributed by atoms with Crippen molar-refractivity contribution >= 4 is 23.8 Å². The lowest BCUT2D eigenvalue weighted by Gasteiger charge is -2.15. The first kappa shape index (κ1) is 14.2. The summed E-state index contributed by atoms with van der Waals surface area (Å²) in [5.41, 5.74) is 0.148. The predicted octanol–water partition coefficient (Wildman–Crippen LogP) is 1.29. The Kier molecular flexibility index (Phi) is 4.68. The Balaban J connectivity index is 2.34. The normalized spacial score (nSPS) is 22.6. The fourth-order valence-electron chi connectivity index (χ4n) is 1.56. The third kappa shape index (κ3) is 4.46. The Morgan fingerprint density at radius 3 is 2.53 bits per heavy atom. The molecule has 0 spiro atoms. The van der Waals surface area contributed by atoms with Gasteiger partial charge in [-0.3, -0.25) is 0 Å². The van der Waals surface area contributed by atoms with E-state index < -0.39 is 12.0 Å². The van der Waals surface area contributed by atoms with Crippen molar-refractivity contribution in [2.24, 2.45) is 5.41 Å². The fraction of sp³-hybridized carbons (Fsp3) is 0.818. The summed E-state index contributed by atoms with van der Waals surface area (Å²) in [6.45, 7) is 4.14. The van der Waals surface area contributed by atoms with Gasteiger partial charge in [-0.1, -0.05) is 13.8 Å². The summed E-state index contributed by atoms with van der Waals surface area (Å²) in [5.74, 6) is -0.268. The zero-order chi connectivity index (χ0) is 13.1. The lowest BCUT2D eigenvalue weighted by molar-refractivity contribution is -0.139. The van der Waals surface area contributed by atoms with Gasteiger partial charge in [0.15, 0.2) is 0 Å². The standard InChI is InChI=1S/C11H20N2O3S/c1-11(2)6-8(11)13-10(16)12-7(9(14)15)4-5-17-3/h7-8H,4-6H2,1-3H3,(H,14,15)(H2,12,13,16)/t7-,8?/m1/s1. The van der Waals surface area contributed by atoms with E-state index in [1.807, 2.05) is 6.26 Å². The summed E-state index contributed by atoms with van der Waals surface area (Å²) < 4.78 is 0. The van der Waals surface area contributed by atoms with Crippen LogP contribution in [-0.2, 0) is 4.79 Å². The molecule has 1 rings (SSSR count). The van der Waals surface area contributed by atoms with E-state index in [0.717, 1.165) is 6.42 Å². The first-order valence-corrected chi connectivity index (χ1v) is 7.05. The molecule has 0 aromatic rings. The van der Waals surface area contributed by atoms with Crippen molar-refractivity contribution < 1.29 is 14.7 Å². The summed E-state index contributed by atoms with van der Waals surface area (Å²) >= 11 is 1.57. The summed E-state index contributed by atoms with van der Waals surface area (Å²) in [6.07, 6.45) is 3.30. The van der Waals surface area contributed by atoms with E-state index in [1.165, 1.54) is 0 Å². The van der Waals surface area contributed by atoms with Crippen molar-refractivity contribution in [3.8, 4) is 0 Å². The van der Waals surface area contributed by atoms with Crippen LogP contribution in [0.1, 0.15) is 26.7 Å². The molecule has 0 saturated heterocycles. The molecule has 0 bridgehead atoms. The zero-order valence-corrected chi connectivity index (χ0v) is 11.3. The summed E-state index contributed by atoms with van der Waals surface area (Å²) in [5, 5.41) is 14.2. The molecule has 0 aromatic heterocycles. The van der Waals surface area contributed by atoms with E-state index in [0.29, 0.717) is 12.2 Å². The van der Waals surface area contributed by atoms with Gasteiger partial charge in [0, 0.05) is 6.04 Å². The number of hydrogen-bond acceptors (Lipinski definition) is 3. The lowest BCUT2D eigenvalue weighted by Crippen LogP contribution is -2.47. The Morgan fingerprint density at radius 1 is 1.53 bits per heavy atom. The van der Waals surface area contributed by atoms with Crippen molar-refractivity contribution in [3.63, 3.8) is 0 Å². The molecule has 5 nitrogen and oxygen atoms in total. The predicted molar refractivity (Wildman–Crippen MR) is 68.3 cm³/mol. The maximum Gasteiger partial charge on any atom is 0.326 e. The third-order valence-electron chi connectivity index (χ3n) is 3.03. The van der Waals surface area contributed by atoms with Gasteiger partial charge in [-0.05, 0) is 30.3 Å². The number of aliphatic carboxylic acids is 1. The van der Waals surface area contributed by atoms with E-state index in [1.54, 1.807) is 11.8 Å². The lowest BCUT2D eigenvalue weighted by atomic mass is 10.2. The van der Waals surface area contributed by atoms with Crippen LogP contribution in [0.25, 0.3) is 0 Å². The molecular weight excluding hydrogens is 240 g/mol. The molecule has 0 radical (unpaired) electrons. The van der Waals surface area contributed by atoms with Gasteiger partial charge in [-0.2, -0.15) is 11.8 Å². The molecule has 1 fully saturated rings. The molecule has 1 saturated carbocycles. The molecule has 17 heavy (non-hydrogen) atoms. The van der Waals surface area contributed by atoms with Crippen molar-refractivity contribution in [2.75, 3.05) is 12.0 Å². The minimum Gasteiger partial charge on any atom is -0.480 e. The molecule has 0 aliphatic heterocycles. The minimum atomic E-state index is -0.982. The van der Waals surface area contributed by atoms with E-state index in [-0.39, 0.29) is 17.5 Å². The highest BCUT2D eigenvalue weighted by atomic mass is 32.2. The molecule has 1 aliphatic carbocycles. The number of carbonyl (C=O) groups is 2. The van der Waals surface area contributed by atoms with Crippen molar-refractivity contribution in [1.29, 1.82) is 0 Å². The van der Waals surface area contributed by atoms with Crippen LogP contribution in [0, 0.1) is 5.41 Å². The number of amides is 2. The van der Waals surface area contributed by atoms with Crippen LogP contribution in [0.3, 0.4) is 0 Å². The SMILES string of the molecule is CSCC[C@@H](NC(=O)NC1CC1(C)C)C(=O)O. The van der Waals surface area contributed by atoms with Gasteiger partial charge in [-0.15, -0.1) is 0 Å². The average molecular weight is 260 g/mol. The van der Waals surface area contributed by atoms with Gasteiger partial charge in [0.1, 0.15) is 6.04 Å². The number of rotatable bonds is 6. The van der Waals surface area contributed by atoms with E-state index in [9.17, 15) is 9.59 Å². The monoisotopic (exact) mass is 260 g/mol. The Labute approximate surface area is 106 Å². The van der Waals surface area contributed by atoms with Gasteiger partial charge < -0.3 is 15.7 Å². The Morgan fingerprint density at radius 2 is 2.12 bits per heavy atom.